The SMILES string of the molecule is CCOC(=O)OC1(CC)CCC1. The largest absolute Gasteiger partial charge is 0.508 e. The molecule has 70 valence electrons. The Bertz CT molecular complexity index is 156. The van der Waals surface area contributed by atoms with Crippen LogP contribution in [0.2, 0.25) is 0 Å². The van der Waals surface area contributed by atoms with E-state index in [-0.39, 0.29) is 5.60 Å². The van der Waals surface area contributed by atoms with Gasteiger partial charge >= 0.3 is 6.16 Å². The van der Waals surface area contributed by atoms with Gasteiger partial charge in [-0.15, -0.1) is 0 Å². The molecule has 0 aromatic heterocycles. The average molecular weight is 172 g/mol. The standard InChI is InChI=1S/C9H16O3/c1-3-9(6-5-7-9)12-8(10)11-4-2/h3-7H2,1-2H3. The molecule has 0 unspecified atom stereocenters. The Morgan fingerprint density at radius 1 is 1.42 bits per heavy atom. The Labute approximate surface area is 73.0 Å². The van der Waals surface area contributed by atoms with Crippen molar-refractivity contribution in [1.29, 1.82) is 0 Å². The molecule has 1 aliphatic rings. The number of ether oxygens (including phenoxy) is 2. The van der Waals surface area contributed by atoms with Gasteiger partial charge in [-0.25, -0.2) is 4.79 Å². The molecule has 1 fully saturated rings. The van der Waals surface area contributed by atoms with Crippen molar-refractivity contribution in [2.75, 3.05) is 6.61 Å². The highest BCUT2D eigenvalue weighted by molar-refractivity contribution is 5.60. The third-order valence-corrected chi connectivity index (χ3v) is 2.47. The Hall–Kier alpha value is -0.730. The summed E-state index contributed by atoms with van der Waals surface area (Å²) >= 11 is 0. The molecule has 0 spiro atoms. The lowest BCUT2D eigenvalue weighted by Gasteiger charge is -2.39. The molecule has 0 saturated heterocycles. The molecule has 0 atom stereocenters. The maximum atomic E-state index is 11.0. The van der Waals surface area contributed by atoms with Gasteiger partial charge in [-0.05, 0) is 32.6 Å². The summed E-state index contributed by atoms with van der Waals surface area (Å²) in [5.41, 5.74) is -0.188. The van der Waals surface area contributed by atoms with Crippen LogP contribution in [0.4, 0.5) is 4.79 Å². The van der Waals surface area contributed by atoms with Gasteiger partial charge in [-0.2, -0.15) is 0 Å². The first kappa shape index (κ1) is 9.36. The van der Waals surface area contributed by atoms with Crippen LogP contribution in [0.1, 0.15) is 39.5 Å². The number of hydrogen-bond acceptors (Lipinski definition) is 3. The van der Waals surface area contributed by atoms with E-state index in [0.717, 1.165) is 25.7 Å². The highest BCUT2D eigenvalue weighted by atomic mass is 16.7. The summed E-state index contributed by atoms with van der Waals surface area (Å²) in [5.74, 6) is 0. The molecule has 3 nitrogen and oxygen atoms in total. The van der Waals surface area contributed by atoms with Crippen molar-refractivity contribution in [2.45, 2.75) is 45.1 Å². The Balaban J connectivity index is 2.32. The second kappa shape index (κ2) is 3.78. The van der Waals surface area contributed by atoms with E-state index in [2.05, 4.69) is 0 Å². The van der Waals surface area contributed by atoms with Crippen molar-refractivity contribution >= 4 is 6.16 Å². The van der Waals surface area contributed by atoms with Gasteiger partial charge in [0.25, 0.3) is 0 Å². The molecule has 3 heteroatoms. The van der Waals surface area contributed by atoms with E-state index in [1.165, 1.54) is 0 Å². The second-order valence-corrected chi connectivity index (χ2v) is 3.18. The maximum Gasteiger partial charge on any atom is 0.508 e. The van der Waals surface area contributed by atoms with Gasteiger partial charge in [0.05, 0.1) is 6.61 Å². The number of carbonyl (C=O) groups is 1. The summed E-state index contributed by atoms with van der Waals surface area (Å²) < 4.78 is 9.92. The van der Waals surface area contributed by atoms with Crippen LogP contribution in [0.3, 0.4) is 0 Å². The molecule has 12 heavy (non-hydrogen) atoms. The molecule has 0 heterocycles. The van der Waals surface area contributed by atoms with Crippen molar-refractivity contribution in [3.05, 3.63) is 0 Å². The van der Waals surface area contributed by atoms with Crippen LogP contribution in [-0.4, -0.2) is 18.4 Å². The highest BCUT2D eigenvalue weighted by Crippen LogP contribution is 2.38. The van der Waals surface area contributed by atoms with E-state index in [9.17, 15) is 4.79 Å². The van der Waals surface area contributed by atoms with E-state index in [0.29, 0.717) is 6.61 Å². The molecular formula is C9H16O3. The van der Waals surface area contributed by atoms with E-state index in [1.54, 1.807) is 6.92 Å². The van der Waals surface area contributed by atoms with E-state index < -0.39 is 6.16 Å². The smallest absolute Gasteiger partial charge is 0.435 e. The Morgan fingerprint density at radius 3 is 2.42 bits per heavy atom. The zero-order valence-electron chi connectivity index (χ0n) is 7.76. The Morgan fingerprint density at radius 2 is 2.08 bits per heavy atom. The number of carbonyl (C=O) groups excluding carboxylic acids is 1. The van der Waals surface area contributed by atoms with Gasteiger partial charge in [-0.3, -0.25) is 0 Å². The van der Waals surface area contributed by atoms with Crippen molar-refractivity contribution in [1.82, 2.24) is 0 Å². The summed E-state index contributed by atoms with van der Waals surface area (Å²) in [7, 11) is 0. The van der Waals surface area contributed by atoms with Crippen molar-refractivity contribution in [3.8, 4) is 0 Å². The van der Waals surface area contributed by atoms with E-state index in [1.807, 2.05) is 6.92 Å². The van der Waals surface area contributed by atoms with Gasteiger partial charge in [0, 0.05) is 0 Å². The van der Waals surface area contributed by atoms with Crippen molar-refractivity contribution in [2.24, 2.45) is 0 Å². The number of hydrogen-bond donors (Lipinski definition) is 0. The molecule has 0 amide bonds. The van der Waals surface area contributed by atoms with Gasteiger partial charge in [0.2, 0.25) is 0 Å². The maximum absolute atomic E-state index is 11.0. The van der Waals surface area contributed by atoms with Crippen molar-refractivity contribution < 1.29 is 14.3 Å². The first-order chi connectivity index (χ1) is 5.72. The predicted molar refractivity (Wildman–Crippen MR) is 45.0 cm³/mol. The zero-order valence-corrected chi connectivity index (χ0v) is 7.76. The van der Waals surface area contributed by atoms with Crippen LogP contribution < -0.4 is 0 Å². The molecule has 0 N–H and O–H groups in total. The van der Waals surface area contributed by atoms with Crippen LogP contribution >= 0.6 is 0 Å². The molecule has 1 aliphatic carbocycles. The normalized spacial score (nSPS) is 19.5. The predicted octanol–water partition coefficient (Wildman–Crippen LogP) is 2.49. The molecule has 0 aromatic carbocycles. The summed E-state index contributed by atoms with van der Waals surface area (Å²) in [6.07, 6.45) is 3.52. The fourth-order valence-corrected chi connectivity index (χ4v) is 1.42. The lowest BCUT2D eigenvalue weighted by atomic mass is 9.78. The average Bonchev–Trinajstić information content (AvgIpc) is 1.97. The monoisotopic (exact) mass is 172 g/mol. The van der Waals surface area contributed by atoms with E-state index >= 15 is 0 Å². The third-order valence-electron chi connectivity index (χ3n) is 2.47. The highest BCUT2D eigenvalue weighted by Gasteiger charge is 2.39. The first-order valence-electron chi connectivity index (χ1n) is 4.58. The molecule has 0 radical (unpaired) electrons. The summed E-state index contributed by atoms with van der Waals surface area (Å²) in [6.45, 7) is 4.21. The first-order valence-corrected chi connectivity index (χ1v) is 4.58. The topological polar surface area (TPSA) is 35.5 Å². The number of rotatable bonds is 3. The van der Waals surface area contributed by atoms with Crippen LogP contribution in [0.15, 0.2) is 0 Å². The molecule has 0 aromatic rings. The summed E-state index contributed by atoms with van der Waals surface area (Å²) in [5, 5.41) is 0. The van der Waals surface area contributed by atoms with Crippen LogP contribution in [0, 0.1) is 0 Å². The molecule has 0 bridgehead atoms. The Kier molecular flexibility index (Phi) is 2.95. The van der Waals surface area contributed by atoms with Gasteiger partial charge in [0.1, 0.15) is 5.60 Å². The zero-order chi connectivity index (χ0) is 9.03. The fourth-order valence-electron chi connectivity index (χ4n) is 1.42. The van der Waals surface area contributed by atoms with Crippen molar-refractivity contribution in [3.63, 3.8) is 0 Å². The molecule has 0 aliphatic heterocycles. The quantitative estimate of drug-likeness (QED) is 0.613. The lowest BCUT2D eigenvalue weighted by Crippen LogP contribution is -2.41. The molecule has 1 saturated carbocycles. The molecule has 1 rings (SSSR count). The van der Waals surface area contributed by atoms with Crippen LogP contribution in [-0.2, 0) is 9.47 Å². The van der Waals surface area contributed by atoms with Gasteiger partial charge in [-0.1, -0.05) is 6.92 Å². The van der Waals surface area contributed by atoms with Crippen LogP contribution in [0.25, 0.3) is 0 Å². The third kappa shape index (κ3) is 1.90. The van der Waals surface area contributed by atoms with Gasteiger partial charge < -0.3 is 9.47 Å². The van der Waals surface area contributed by atoms with E-state index in [4.69, 9.17) is 9.47 Å². The fraction of sp³-hybridized carbons (Fsp3) is 0.889. The molecular weight excluding hydrogens is 156 g/mol. The second-order valence-electron chi connectivity index (χ2n) is 3.18. The minimum Gasteiger partial charge on any atom is -0.435 e. The van der Waals surface area contributed by atoms with Crippen LogP contribution in [0.5, 0.6) is 0 Å². The van der Waals surface area contributed by atoms with Gasteiger partial charge in [0.15, 0.2) is 0 Å². The minimum absolute atomic E-state index is 0.188. The lowest BCUT2D eigenvalue weighted by molar-refractivity contribution is -0.0801. The summed E-state index contributed by atoms with van der Waals surface area (Å²) in [6, 6.07) is 0. The summed E-state index contributed by atoms with van der Waals surface area (Å²) in [4.78, 5) is 11.0. The minimum atomic E-state index is -0.515.